The van der Waals surface area contributed by atoms with E-state index in [9.17, 15) is 10.5 Å². The number of nitrogens with zero attached hydrogens (tertiary/aromatic N) is 2. The Morgan fingerprint density at radius 3 is 2.50 bits per heavy atom. The number of rotatable bonds is 3. The molecule has 22 heavy (non-hydrogen) atoms. The molecule has 0 aliphatic carbocycles. The topological polar surface area (TPSA) is 56.8 Å². The van der Waals surface area contributed by atoms with E-state index in [4.69, 9.17) is 4.74 Å². The molecule has 2 atom stereocenters. The van der Waals surface area contributed by atoms with Crippen LogP contribution in [0, 0.1) is 28.1 Å². The fourth-order valence-electron chi connectivity index (χ4n) is 3.17. The summed E-state index contributed by atoms with van der Waals surface area (Å²) in [6.45, 7) is 4.18. The maximum atomic E-state index is 9.92. The monoisotopic (exact) mass is 306 g/mol. The quantitative estimate of drug-likeness (QED) is 0.806. The summed E-state index contributed by atoms with van der Waals surface area (Å²) in [4.78, 5) is 0. The van der Waals surface area contributed by atoms with Crippen LogP contribution in [-0.4, -0.2) is 6.61 Å². The predicted molar refractivity (Wildman–Crippen MR) is 85.0 cm³/mol. The van der Waals surface area contributed by atoms with Gasteiger partial charge in [0.15, 0.2) is 5.41 Å². The van der Waals surface area contributed by atoms with Gasteiger partial charge in [-0.1, -0.05) is 36.4 Å². The number of hydrogen-bond donors (Lipinski definition) is 0. The summed E-state index contributed by atoms with van der Waals surface area (Å²) in [6.07, 6.45) is 1.10. The van der Waals surface area contributed by atoms with E-state index >= 15 is 0 Å². The van der Waals surface area contributed by atoms with Crippen LogP contribution in [0.2, 0.25) is 0 Å². The zero-order valence-electron chi connectivity index (χ0n) is 11.9. The summed E-state index contributed by atoms with van der Waals surface area (Å²) in [7, 11) is 0. The molecule has 4 heteroatoms. The number of ether oxygens (including phenoxy) is 1. The highest BCUT2D eigenvalue weighted by molar-refractivity contribution is 7.08. The second-order valence-electron chi connectivity index (χ2n) is 5.32. The normalized spacial score (nSPS) is 26.0. The van der Waals surface area contributed by atoms with E-state index in [0.29, 0.717) is 0 Å². The van der Waals surface area contributed by atoms with Crippen molar-refractivity contribution in [3.05, 3.63) is 70.9 Å². The second kappa shape index (κ2) is 5.42. The van der Waals surface area contributed by atoms with Crippen molar-refractivity contribution in [2.45, 2.75) is 11.5 Å². The van der Waals surface area contributed by atoms with Crippen LogP contribution in [-0.2, 0) is 10.2 Å². The summed E-state index contributed by atoms with van der Waals surface area (Å²) in [5.74, 6) is 0. The molecule has 3 rings (SSSR count). The standard InChI is InChI=1S/C18H14N2OS/c1-2-17(15-8-9-22-10-15)13-21-16(18(17,11-19)12-20)14-6-4-3-5-7-14/h2-10,16H,1,13H2/t16-,17+/m1/s1. The van der Waals surface area contributed by atoms with Crippen molar-refractivity contribution in [1.82, 2.24) is 0 Å². The molecule has 0 N–H and O–H groups in total. The minimum absolute atomic E-state index is 0.272. The Kier molecular flexibility index (Phi) is 3.58. The summed E-state index contributed by atoms with van der Waals surface area (Å²) in [5.41, 5.74) is -0.410. The predicted octanol–water partition coefficient (Wildman–Crippen LogP) is 3.98. The first-order chi connectivity index (χ1) is 10.7. The van der Waals surface area contributed by atoms with Gasteiger partial charge in [0.2, 0.25) is 0 Å². The van der Waals surface area contributed by atoms with E-state index < -0.39 is 16.9 Å². The lowest BCUT2D eigenvalue weighted by atomic mass is 9.60. The third-order valence-electron chi connectivity index (χ3n) is 4.41. The molecule has 1 saturated heterocycles. The lowest BCUT2D eigenvalue weighted by Crippen LogP contribution is -2.42. The van der Waals surface area contributed by atoms with Crippen LogP contribution in [0.5, 0.6) is 0 Å². The molecular weight excluding hydrogens is 292 g/mol. The highest BCUT2D eigenvalue weighted by Crippen LogP contribution is 2.57. The molecular formula is C18H14N2OS. The molecule has 0 saturated carbocycles. The molecule has 0 radical (unpaired) electrons. The molecule has 1 fully saturated rings. The van der Waals surface area contributed by atoms with Crippen LogP contribution in [0.3, 0.4) is 0 Å². The van der Waals surface area contributed by atoms with Crippen molar-refractivity contribution in [3.8, 4) is 12.1 Å². The number of benzene rings is 1. The number of thiophene rings is 1. The van der Waals surface area contributed by atoms with Crippen LogP contribution < -0.4 is 0 Å². The molecule has 0 amide bonds. The number of nitriles is 2. The van der Waals surface area contributed by atoms with Gasteiger partial charge in [0.1, 0.15) is 6.10 Å². The van der Waals surface area contributed by atoms with Gasteiger partial charge in [-0.3, -0.25) is 0 Å². The van der Waals surface area contributed by atoms with Crippen molar-refractivity contribution < 1.29 is 4.74 Å². The van der Waals surface area contributed by atoms with Crippen LogP contribution in [0.1, 0.15) is 17.2 Å². The summed E-state index contributed by atoms with van der Waals surface area (Å²) >= 11 is 1.54. The molecule has 0 bridgehead atoms. The molecule has 1 aromatic heterocycles. The van der Waals surface area contributed by atoms with Crippen molar-refractivity contribution in [1.29, 1.82) is 10.5 Å². The van der Waals surface area contributed by atoms with Gasteiger partial charge in [0.25, 0.3) is 0 Å². The van der Waals surface area contributed by atoms with E-state index in [1.165, 1.54) is 11.3 Å². The molecule has 3 nitrogen and oxygen atoms in total. The number of hydrogen-bond acceptors (Lipinski definition) is 4. The van der Waals surface area contributed by atoms with Gasteiger partial charge in [-0.2, -0.15) is 21.9 Å². The van der Waals surface area contributed by atoms with Crippen molar-refractivity contribution in [2.24, 2.45) is 5.41 Å². The third-order valence-corrected chi connectivity index (χ3v) is 5.10. The summed E-state index contributed by atoms with van der Waals surface area (Å²) in [6, 6.07) is 15.9. The Balaban J connectivity index is 2.21. The van der Waals surface area contributed by atoms with Gasteiger partial charge in [-0.25, -0.2) is 0 Å². The van der Waals surface area contributed by atoms with Gasteiger partial charge in [-0.05, 0) is 28.0 Å². The molecule has 2 aromatic rings. The fourth-order valence-corrected chi connectivity index (χ4v) is 3.91. The van der Waals surface area contributed by atoms with Crippen LogP contribution in [0.4, 0.5) is 0 Å². The summed E-state index contributed by atoms with van der Waals surface area (Å²) < 4.78 is 5.96. The second-order valence-corrected chi connectivity index (χ2v) is 6.10. The van der Waals surface area contributed by atoms with E-state index in [1.807, 2.05) is 47.2 Å². The van der Waals surface area contributed by atoms with E-state index in [0.717, 1.165) is 11.1 Å². The van der Waals surface area contributed by atoms with Crippen molar-refractivity contribution in [2.75, 3.05) is 6.61 Å². The molecule has 0 spiro atoms. The molecule has 2 heterocycles. The first kappa shape index (κ1) is 14.5. The Bertz CT molecular complexity index is 741. The minimum atomic E-state index is -1.34. The van der Waals surface area contributed by atoms with Gasteiger partial charge >= 0.3 is 0 Å². The van der Waals surface area contributed by atoms with Gasteiger partial charge < -0.3 is 4.74 Å². The molecule has 108 valence electrons. The first-order valence-electron chi connectivity index (χ1n) is 6.89. The maximum absolute atomic E-state index is 9.92. The minimum Gasteiger partial charge on any atom is -0.369 e. The van der Waals surface area contributed by atoms with E-state index in [1.54, 1.807) is 6.08 Å². The smallest absolute Gasteiger partial charge is 0.188 e. The van der Waals surface area contributed by atoms with Crippen LogP contribution >= 0.6 is 11.3 Å². The van der Waals surface area contributed by atoms with Crippen molar-refractivity contribution >= 4 is 11.3 Å². The Morgan fingerprint density at radius 1 is 1.23 bits per heavy atom. The Morgan fingerprint density at radius 2 is 1.95 bits per heavy atom. The van der Waals surface area contributed by atoms with E-state index in [-0.39, 0.29) is 6.61 Å². The zero-order valence-corrected chi connectivity index (χ0v) is 12.7. The average Bonchev–Trinajstić information content (AvgIpc) is 3.21. The van der Waals surface area contributed by atoms with Gasteiger partial charge in [-0.15, -0.1) is 6.58 Å². The average molecular weight is 306 g/mol. The molecule has 0 unspecified atom stereocenters. The lowest BCUT2D eigenvalue weighted by molar-refractivity contribution is 0.0862. The van der Waals surface area contributed by atoms with Crippen LogP contribution in [0.25, 0.3) is 0 Å². The SMILES string of the molecule is C=C[C@@]1(c2ccsc2)CO[C@H](c2ccccc2)C1(C#N)C#N. The molecule has 1 aliphatic rings. The Hall–Kier alpha value is -2.40. The molecule has 1 aliphatic heterocycles. The summed E-state index contributed by atoms with van der Waals surface area (Å²) in [5, 5.41) is 23.7. The maximum Gasteiger partial charge on any atom is 0.188 e. The fraction of sp³-hybridized carbons (Fsp3) is 0.222. The highest BCUT2D eigenvalue weighted by atomic mass is 32.1. The third kappa shape index (κ3) is 1.75. The highest BCUT2D eigenvalue weighted by Gasteiger charge is 2.63. The lowest BCUT2D eigenvalue weighted by Gasteiger charge is -2.34. The van der Waals surface area contributed by atoms with E-state index in [2.05, 4.69) is 18.7 Å². The van der Waals surface area contributed by atoms with Crippen LogP contribution in [0.15, 0.2) is 59.8 Å². The largest absolute Gasteiger partial charge is 0.369 e. The van der Waals surface area contributed by atoms with Crippen molar-refractivity contribution in [3.63, 3.8) is 0 Å². The Labute approximate surface area is 133 Å². The van der Waals surface area contributed by atoms with Gasteiger partial charge in [0.05, 0.1) is 24.2 Å². The zero-order chi connectivity index (χ0) is 15.6. The first-order valence-corrected chi connectivity index (χ1v) is 7.83. The van der Waals surface area contributed by atoms with Gasteiger partial charge in [0, 0.05) is 0 Å². The molecule has 1 aromatic carbocycles.